The number of halogens is 2. The molecule has 2 heterocycles. The summed E-state index contributed by atoms with van der Waals surface area (Å²) in [4.78, 5) is 17.1. The molecule has 8 heteroatoms. The first kappa shape index (κ1) is 18.8. The number of rotatable bonds is 6. The van der Waals surface area contributed by atoms with Crippen LogP contribution in [0.4, 0.5) is 8.78 Å². The van der Waals surface area contributed by atoms with E-state index in [1.54, 1.807) is 25.1 Å². The number of aromatic nitrogens is 2. The van der Waals surface area contributed by atoms with Gasteiger partial charge in [-0.2, -0.15) is 8.78 Å². The predicted molar refractivity (Wildman–Crippen MR) is 94.9 cm³/mol. The van der Waals surface area contributed by atoms with Crippen molar-refractivity contribution in [2.45, 2.75) is 39.8 Å². The molecule has 0 aliphatic carbocycles. The van der Waals surface area contributed by atoms with E-state index in [2.05, 4.69) is 20.2 Å². The molecule has 27 heavy (non-hydrogen) atoms. The molecule has 142 valence electrons. The predicted octanol–water partition coefficient (Wildman–Crippen LogP) is 4.19. The number of benzene rings is 1. The lowest BCUT2D eigenvalue weighted by atomic mass is 10.0. The third kappa shape index (κ3) is 4.21. The molecule has 1 aromatic carbocycles. The van der Waals surface area contributed by atoms with E-state index in [4.69, 9.17) is 4.52 Å². The zero-order valence-electron chi connectivity index (χ0n) is 15.1. The summed E-state index contributed by atoms with van der Waals surface area (Å²) in [7, 11) is 0. The summed E-state index contributed by atoms with van der Waals surface area (Å²) in [5.74, 6) is -0.102. The van der Waals surface area contributed by atoms with Gasteiger partial charge in [0.05, 0.1) is 16.6 Å². The quantitative estimate of drug-likeness (QED) is 0.699. The number of pyridine rings is 1. The number of alkyl halides is 2. The first-order valence-electron chi connectivity index (χ1n) is 8.44. The van der Waals surface area contributed by atoms with Crippen molar-refractivity contribution in [1.29, 1.82) is 0 Å². The standard InChI is InChI=1S/C19H19F2N3O3/c1-10(2)15-8-14(16-11(3)24-27-18(16)23-15)17(25)22-9-12-4-6-13(7-5-12)26-19(20)21/h4-8,10,19H,9H2,1-3H3,(H,22,25). The maximum atomic E-state index is 12.7. The largest absolute Gasteiger partial charge is 0.435 e. The van der Waals surface area contributed by atoms with Crippen molar-refractivity contribution in [3.63, 3.8) is 0 Å². The Balaban J connectivity index is 1.79. The molecule has 0 aliphatic heterocycles. The highest BCUT2D eigenvalue weighted by molar-refractivity contribution is 6.06. The summed E-state index contributed by atoms with van der Waals surface area (Å²) < 4.78 is 33.9. The van der Waals surface area contributed by atoms with E-state index < -0.39 is 6.61 Å². The number of hydrogen-bond acceptors (Lipinski definition) is 5. The molecule has 0 aliphatic rings. The van der Waals surface area contributed by atoms with Crippen molar-refractivity contribution >= 4 is 17.0 Å². The second-order valence-corrected chi connectivity index (χ2v) is 6.40. The molecule has 6 nitrogen and oxygen atoms in total. The Bertz CT molecular complexity index is 953. The molecule has 0 bridgehead atoms. The molecule has 0 fully saturated rings. The average molecular weight is 375 g/mol. The van der Waals surface area contributed by atoms with Crippen molar-refractivity contribution < 1.29 is 22.8 Å². The Labute approximate surface area is 154 Å². The molecule has 0 atom stereocenters. The van der Waals surface area contributed by atoms with Gasteiger partial charge in [-0.1, -0.05) is 31.1 Å². The van der Waals surface area contributed by atoms with E-state index in [9.17, 15) is 13.6 Å². The third-order valence-electron chi connectivity index (χ3n) is 4.07. The summed E-state index contributed by atoms with van der Waals surface area (Å²) in [6.45, 7) is 3.07. The molecule has 3 aromatic rings. The topological polar surface area (TPSA) is 77.2 Å². The van der Waals surface area contributed by atoms with E-state index >= 15 is 0 Å². The van der Waals surface area contributed by atoms with Crippen LogP contribution in [0.25, 0.3) is 11.1 Å². The maximum Gasteiger partial charge on any atom is 0.387 e. The minimum Gasteiger partial charge on any atom is -0.435 e. The van der Waals surface area contributed by atoms with Crippen molar-refractivity contribution in [1.82, 2.24) is 15.5 Å². The Morgan fingerprint density at radius 3 is 2.59 bits per heavy atom. The number of aryl methyl sites for hydroxylation is 1. The van der Waals surface area contributed by atoms with Crippen molar-refractivity contribution in [2.24, 2.45) is 0 Å². The van der Waals surface area contributed by atoms with Crippen LogP contribution in [0.2, 0.25) is 0 Å². The van der Waals surface area contributed by atoms with Gasteiger partial charge in [-0.05, 0) is 36.6 Å². The molecule has 3 rings (SSSR count). The summed E-state index contributed by atoms with van der Waals surface area (Å²) in [6, 6.07) is 7.83. The lowest BCUT2D eigenvalue weighted by molar-refractivity contribution is -0.0498. The smallest absolute Gasteiger partial charge is 0.387 e. The number of carbonyl (C=O) groups is 1. The monoisotopic (exact) mass is 375 g/mol. The number of amides is 1. The molecule has 0 saturated carbocycles. The second-order valence-electron chi connectivity index (χ2n) is 6.40. The van der Waals surface area contributed by atoms with E-state index in [1.807, 2.05) is 13.8 Å². The number of fused-ring (bicyclic) bond motifs is 1. The summed E-state index contributed by atoms with van der Waals surface area (Å²) in [5, 5.41) is 7.30. The lowest BCUT2D eigenvalue weighted by Crippen LogP contribution is -2.23. The van der Waals surface area contributed by atoms with Gasteiger partial charge in [-0.15, -0.1) is 0 Å². The summed E-state index contributed by atoms with van der Waals surface area (Å²) >= 11 is 0. The van der Waals surface area contributed by atoms with Crippen molar-refractivity contribution in [3.05, 3.63) is 52.8 Å². The van der Waals surface area contributed by atoms with Crippen LogP contribution < -0.4 is 10.1 Å². The van der Waals surface area contributed by atoms with Crippen LogP contribution in [-0.4, -0.2) is 22.7 Å². The fourth-order valence-electron chi connectivity index (χ4n) is 2.65. The lowest BCUT2D eigenvalue weighted by Gasteiger charge is -2.10. The van der Waals surface area contributed by atoms with Gasteiger partial charge in [0, 0.05) is 12.2 Å². The van der Waals surface area contributed by atoms with Gasteiger partial charge >= 0.3 is 6.61 Å². The van der Waals surface area contributed by atoms with Crippen molar-refractivity contribution in [2.75, 3.05) is 0 Å². The highest BCUT2D eigenvalue weighted by atomic mass is 19.3. The van der Waals surface area contributed by atoms with Gasteiger partial charge in [0.1, 0.15) is 5.75 Å². The fourth-order valence-corrected chi connectivity index (χ4v) is 2.65. The maximum absolute atomic E-state index is 12.7. The number of nitrogens with one attached hydrogen (secondary N) is 1. The van der Waals surface area contributed by atoms with Gasteiger partial charge in [0.15, 0.2) is 0 Å². The van der Waals surface area contributed by atoms with Crippen LogP contribution in [-0.2, 0) is 6.54 Å². The Morgan fingerprint density at radius 2 is 1.96 bits per heavy atom. The molecular weight excluding hydrogens is 356 g/mol. The zero-order chi connectivity index (χ0) is 19.6. The van der Waals surface area contributed by atoms with Crippen LogP contribution in [0.3, 0.4) is 0 Å². The molecule has 0 saturated heterocycles. The zero-order valence-corrected chi connectivity index (χ0v) is 15.1. The van der Waals surface area contributed by atoms with Crippen molar-refractivity contribution in [3.8, 4) is 5.75 Å². The SMILES string of the molecule is Cc1noc2nc(C(C)C)cc(C(=O)NCc3ccc(OC(F)F)cc3)c12. The third-order valence-corrected chi connectivity index (χ3v) is 4.07. The van der Waals surface area contributed by atoms with Gasteiger partial charge in [0.25, 0.3) is 11.6 Å². The normalized spacial score (nSPS) is 11.4. The average Bonchev–Trinajstić information content (AvgIpc) is 3.00. The van der Waals surface area contributed by atoms with Gasteiger partial charge in [-0.25, -0.2) is 4.98 Å². The van der Waals surface area contributed by atoms with Crippen LogP contribution in [0, 0.1) is 6.92 Å². The van der Waals surface area contributed by atoms with Crippen LogP contribution in [0.5, 0.6) is 5.75 Å². The van der Waals surface area contributed by atoms with Crippen LogP contribution in [0.1, 0.15) is 47.1 Å². The number of hydrogen-bond donors (Lipinski definition) is 1. The molecule has 1 N–H and O–H groups in total. The minimum absolute atomic E-state index is 0.0672. The first-order chi connectivity index (χ1) is 12.8. The molecule has 1 amide bonds. The van der Waals surface area contributed by atoms with E-state index in [0.29, 0.717) is 22.4 Å². The first-order valence-corrected chi connectivity index (χ1v) is 8.44. The second kappa shape index (κ2) is 7.69. The highest BCUT2D eigenvalue weighted by Gasteiger charge is 2.19. The molecule has 0 radical (unpaired) electrons. The van der Waals surface area contributed by atoms with Gasteiger partial charge in [-0.3, -0.25) is 4.79 Å². The molecule has 0 spiro atoms. The number of carbonyl (C=O) groups excluding carboxylic acids is 1. The molecule has 0 unspecified atom stereocenters. The minimum atomic E-state index is -2.87. The van der Waals surface area contributed by atoms with Crippen LogP contribution in [0.15, 0.2) is 34.9 Å². The van der Waals surface area contributed by atoms with E-state index in [-0.39, 0.29) is 24.1 Å². The van der Waals surface area contributed by atoms with E-state index in [1.165, 1.54) is 12.1 Å². The van der Waals surface area contributed by atoms with Crippen LogP contribution >= 0.6 is 0 Å². The van der Waals surface area contributed by atoms with E-state index in [0.717, 1.165) is 11.3 Å². The highest BCUT2D eigenvalue weighted by Crippen LogP contribution is 2.25. The fraction of sp³-hybridized carbons (Fsp3) is 0.316. The summed E-state index contributed by atoms with van der Waals surface area (Å²) in [6.07, 6.45) is 0. The molecule has 2 aromatic heterocycles. The van der Waals surface area contributed by atoms with Gasteiger partial charge in [0.2, 0.25) is 0 Å². The molecular formula is C19H19F2N3O3. The number of ether oxygens (including phenoxy) is 1. The Hall–Kier alpha value is -3.03. The Morgan fingerprint density at radius 1 is 1.26 bits per heavy atom. The Kier molecular flexibility index (Phi) is 5.34. The summed E-state index contributed by atoms with van der Waals surface area (Å²) in [5.41, 5.74) is 2.85. The number of nitrogens with zero attached hydrogens (tertiary/aromatic N) is 2. The van der Waals surface area contributed by atoms with Gasteiger partial charge < -0.3 is 14.6 Å².